The molecule has 0 saturated carbocycles. The fourth-order valence-electron chi connectivity index (χ4n) is 1.91. The third-order valence-corrected chi connectivity index (χ3v) is 4.69. The van der Waals surface area contributed by atoms with E-state index in [1.54, 1.807) is 5.38 Å². The molecule has 4 heteroatoms. The largest absolute Gasteiger partial charge is 0.294 e. The molecule has 0 aliphatic carbocycles. The third kappa shape index (κ3) is 1.52. The average Bonchev–Trinajstić information content (AvgIpc) is 2.74. The molecule has 0 saturated heterocycles. The van der Waals surface area contributed by atoms with Gasteiger partial charge in [0.15, 0.2) is 5.78 Å². The molecule has 2 heterocycles. The van der Waals surface area contributed by atoms with Gasteiger partial charge in [-0.1, -0.05) is 29.5 Å². The van der Waals surface area contributed by atoms with Crippen LogP contribution >= 0.6 is 22.7 Å². The van der Waals surface area contributed by atoms with E-state index in [9.17, 15) is 9.59 Å². The van der Waals surface area contributed by atoms with E-state index in [0.717, 1.165) is 14.8 Å². The highest BCUT2D eigenvalue weighted by Crippen LogP contribution is 2.32. The fourth-order valence-corrected chi connectivity index (χ4v) is 4.13. The minimum Gasteiger partial charge on any atom is -0.294 e. The van der Waals surface area contributed by atoms with E-state index in [1.165, 1.54) is 29.6 Å². The van der Waals surface area contributed by atoms with Crippen LogP contribution in [0.4, 0.5) is 0 Å². The highest BCUT2D eigenvalue weighted by Gasteiger charge is 2.14. The van der Waals surface area contributed by atoms with Crippen molar-refractivity contribution in [2.24, 2.45) is 0 Å². The first-order valence-corrected chi connectivity index (χ1v) is 6.82. The molecule has 17 heavy (non-hydrogen) atoms. The monoisotopic (exact) mass is 260 g/mol. The Morgan fingerprint density at radius 2 is 2.00 bits per heavy atom. The molecule has 0 spiro atoms. The van der Waals surface area contributed by atoms with Crippen molar-refractivity contribution >= 4 is 48.6 Å². The minimum absolute atomic E-state index is 0.0230. The normalized spacial score (nSPS) is 11.1. The maximum Gasteiger partial charge on any atom is 0.242 e. The Hall–Kier alpha value is -1.52. The van der Waals surface area contributed by atoms with Crippen LogP contribution in [0.5, 0.6) is 0 Å². The first-order chi connectivity index (χ1) is 8.18. The first kappa shape index (κ1) is 10.6. The molecule has 2 aromatic heterocycles. The van der Waals surface area contributed by atoms with Crippen LogP contribution < -0.4 is 4.74 Å². The molecule has 0 aliphatic heterocycles. The SMILES string of the molecule is CC(=O)c1csc2c1c(=O)sc1ccccc12. The van der Waals surface area contributed by atoms with Gasteiger partial charge in [0.25, 0.3) is 0 Å². The van der Waals surface area contributed by atoms with E-state index in [0.29, 0.717) is 10.9 Å². The quantitative estimate of drug-likeness (QED) is 0.625. The van der Waals surface area contributed by atoms with Gasteiger partial charge in [0.05, 0.1) is 5.39 Å². The topological polar surface area (TPSA) is 34.1 Å². The standard InChI is InChI=1S/C13H8O2S2/c1-7(14)9-6-16-12-8-4-2-3-5-10(8)17-13(15)11(9)12/h2-6H,1H3. The Morgan fingerprint density at radius 3 is 2.76 bits per heavy atom. The summed E-state index contributed by atoms with van der Waals surface area (Å²) in [6, 6.07) is 7.80. The molecular weight excluding hydrogens is 252 g/mol. The summed E-state index contributed by atoms with van der Waals surface area (Å²) in [7, 11) is 0. The highest BCUT2D eigenvalue weighted by molar-refractivity contribution is 7.22. The second-order valence-electron chi connectivity index (χ2n) is 3.80. The molecule has 0 bridgehead atoms. The van der Waals surface area contributed by atoms with E-state index in [2.05, 4.69) is 0 Å². The van der Waals surface area contributed by atoms with Crippen molar-refractivity contribution in [3.63, 3.8) is 0 Å². The molecule has 0 atom stereocenters. The van der Waals surface area contributed by atoms with Gasteiger partial charge < -0.3 is 0 Å². The number of thiophene rings is 1. The van der Waals surface area contributed by atoms with Crippen LogP contribution in [0.1, 0.15) is 17.3 Å². The zero-order valence-electron chi connectivity index (χ0n) is 9.02. The molecule has 0 amide bonds. The van der Waals surface area contributed by atoms with E-state index in [4.69, 9.17) is 0 Å². The van der Waals surface area contributed by atoms with E-state index >= 15 is 0 Å². The molecule has 3 aromatic rings. The summed E-state index contributed by atoms with van der Waals surface area (Å²) in [5, 5.41) is 3.43. The van der Waals surface area contributed by atoms with Crippen molar-refractivity contribution in [2.45, 2.75) is 6.92 Å². The van der Waals surface area contributed by atoms with Gasteiger partial charge in [-0.05, 0) is 13.0 Å². The molecule has 0 N–H and O–H groups in total. The lowest BCUT2D eigenvalue weighted by molar-refractivity contribution is 0.101. The number of carbonyl (C=O) groups is 1. The Bertz CT molecular complexity index is 796. The number of rotatable bonds is 1. The maximum atomic E-state index is 12.1. The summed E-state index contributed by atoms with van der Waals surface area (Å²) in [5.41, 5.74) is 0.553. The van der Waals surface area contributed by atoms with Crippen molar-refractivity contribution in [1.29, 1.82) is 0 Å². The van der Waals surface area contributed by atoms with Gasteiger partial charge in [-0.3, -0.25) is 9.59 Å². The fraction of sp³-hybridized carbons (Fsp3) is 0.0769. The number of fused-ring (bicyclic) bond motifs is 3. The van der Waals surface area contributed by atoms with Crippen molar-refractivity contribution in [1.82, 2.24) is 0 Å². The lowest BCUT2D eigenvalue weighted by Gasteiger charge is -1.97. The molecule has 0 radical (unpaired) electrons. The van der Waals surface area contributed by atoms with Gasteiger partial charge in [0.2, 0.25) is 4.74 Å². The molecule has 0 unspecified atom stereocenters. The zero-order valence-corrected chi connectivity index (χ0v) is 10.7. The number of carbonyl (C=O) groups excluding carboxylic acids is 1. The van der Waals surface area contributed by atoms with Gasteiger partial charge in [0, 0.05) is 25.7 Å². The summed E-state index contributed by atoms with van der Waals surface area (Å²) >= 11 is 2.68. The van der Waals surface area contributed by atoms with Crippen LogP contribution in [0, 0.1) is 0 Å². The lowest BCUT2D eigenvalue weighted by Crippen LogP contribution is -1.99. The summed E-state index contributed by atoms with van der Waals surface area (Å²) in [5.74, 6) is -0.0455. The number of benzene rings is 1. The van der Waals surface area contributed by atoms with Crippen LogP contribution in [0.15, 0.2) is 34.4 Å². The molecule has 1 aromatic carbocycles. The van der Waals surface area contributed by atoms with E-state index in [1.807, 2.05) is 24.3 Å². The number of hydrogen-bond donors (Lipinski definition) is 0. The van der Waals surface area contributed by atoms with Crippen LogP contribution in [0.25, 0.3) is 20.2 Å². The van der Waals surface area contributed by atoms with Gasteiger partial charge >= 0.3 is 0 Å². The van der Waals surface area contributed by atoms with Crippen molar-refractivity contribution < 1.29 is 4.79 Å². The third-order valence-electron chi connectivity index (χ3n) is 2.71. The summed E-state index contributed by atoms with van der Waals surface area (Å²) in [4.78, 5) is 23.5. The molecule has 2 nitrogen and oxygen atoms in total. The van der Waals surface area contributed by atoms with Gasteiger partial charge in [-0.2, -0.15) is 0 Å². The van der Waals surface area contributed by atoms with Crippen LogP contribution in [0.3, 0.4) is 0 Å². The summed E-state index contributed by atoms with van der Waals surface area (Å²) in [6.07, 6.45) is 0. The van der Waals surface area contributed by atoms with Crippen LogP contribution in [-0.4, -0.2) is 5.78 Å². The lowest BCUT2D eigenvalue weighted by atomic mass is 10.1. The van der Waals surface area contributed by atoms with Gasteiger partial charge in [-0.15, -0.1) is 11.3 Å². The smallest absolute Gasteiger partial charge is 0.242 e. The van der Waals surface area contributed by atoms with Crippen molar-refractivity contribution in [2.75, 3.05) is 0 Å². The second kappa shape index (κ2) is 3.75. The predicted molar refractivity (Wildman–Crippen MR) is 73.5 cm³/mol. The number of ketones is 1. The molecule has 0 fully saturated rings. The molecular formula is C13H8O2S2. The molecule has 84 valence electrons. The Morgan fingerprint density at radius 1 is 1.24 bits per heavy atom. The predicted octanol–water partition coefficient (Wildman–Crippen LogP) is 3.68. The Labute approximate surface area is 105 Å². The van der Waals surface area contributed by atoms with E-state index < -0.39 is 0 Å². The van der Waals surface area contributed by atoms with E-state index in [-0.39, 0.29) is 10.5 Å². The number of hydrogen-bond acceptors (Lipinski definition) is 4. The highest BCUT2D eigenvalue weighted by atomic mass is 32.1. The molecule has 3 rings (SSSR count). The number of Topliss-reactive ketones (excluding diaryl/α,β-unsaturated/α-hetero) is 1. The average molecular weight is 260 g/mol. The Kier molecular flexibility index (Phi) is 2.34. The zero-order chi connectivity index (χ0) is 12.0. The van der Waals surface area contributed by atoms with Crippen molar-refractivity contribution in [3.05, 3.63) is 44.7 Å². The first-order valence-electron chi connectivity index (χ1n) is 5.12. The van der Waals surface area contributed by atoms with Crippen LogP contribution in [-0.2, 0) is 0 Å². The van der Waals surface area contributed by atoms with Gasteiger partial charge in [-0.25, -0.2) is 0 Å². The van der Waals surface area contributed by atoms with Gasteiger partial charge in [0.1, 0.15) is 0 Å². The summed E-state index contributed by atoms with van der Waals surface area (Å²) < 4.78 is 1.88. The maximum absolute atomic E-state index is 12.1. The minimum atomic E-state index is -0.0455. The van der Waals surface area contributed by atoms with Crippen LogP contribution in [0.2, 0.25) is 0 Å². The van der Waals surface area contributed by atoms with Crippen molar-refractivity contribution in [3.8, 4) is 0 Å². The second-order valence-corrected chi connectivity index (χ2v) is 5.69. The Balaban J connectivity index is 2.61. The molecule has 0 aliphatic rings. The summed E-state index contributed by atoms with van der Waals surface area (Å²) in [6.45, 7) is 1.50.